The van der Waals surface area contributed by atoms with E-state index in [1.54, 1.807) is 17.7 Å². The summed E-state index contributed by atoms with van der Waals surface area (Å²) in [4.78, 5) is 9.82. The fraction of sp³-hybridized carbons (Fsp3) is 0.600. The van der Waals surface area contributed by atoms with E-state index >= 15 is 0 Å². The topological polar surface area (TPSA) is 54.4 Å². The number of hydrogen-bond donors (Lipinski definition) is 2. The molecule has 0 aromatic carbocycles. The minimum Gasteiger partial charge on any atom is -0.366 e. The summed E-state index contributed by atoms with van der Waals surface area (Å²) in [6.45, 7) is 9.29. The highest BCUT2D eigenvalue weighted by Gasteiger charge is 2.41. The zero-order chi connectivity index (χ0) is 14.4. The van der Waals surface area contributed by atoms with Crippen molar-refractivity contribution in [3.8, 4) is 0 Å². The zero-order valence-corrected chi connectivity index (χ0v) is 13.4. The molecule has 1 fully saturated rings. The maximum Gasteiger partial charge on any atom is 0.138 e. The van der Waals surface area contributed by atoms with Gasteiger partial charge >= 0.3 is 0 Å². The van der Waals surface area contributed by atoms with Crippen LogP contribution in [-0.2, 0) is 0 Å². The van der Waals surface area contributed by atoms with Gasteiger partial charge in [0.25, 0.3) is 0 Å². The first-order valence-electron chi connectivity index (χ1n) is 7.17. The molecule has 0 saturated carbocycles. The Bertz CT molecular complexity index is 601. The summed E-state index contributed by atoms with van der Waals surface area (Å²) in [7, 11) is 0. The molecule has 1 aliphatic heterocycles. The number of anilines is 1. The second kappa shape index (κ2) is 4.67. The lowest BCUT2D eigenvalue weighted by Gasteiger charge is -2.43. The van der Waals surface area contributed by atoms with Crippen molar-refractivity contribution in [1.82, 2.24) is 9.97 Å². The van der Waals surface area contributed by atoms with Gasteiger partial charge in [0, 0.05) is 18.9 Å². The van der Waals surface area contributed by atoms with Crippen molar-refractivity contribution in [3.63, 3.8) is 0 Å². The van der Waals surface area contributed by atoms with E-state index in [0.717, 1.165) is 28.9 Å². The monoisotopic (exact) mass is 291 g/mol. The van der Waals surface area contributed by atoms with E-state index in [-0.39, 0.29) is 11.1 Å². The van der Waals surface area contributed by atoms with E-state index in [4.69, 9.17) is 0 Å². The molecule has 4 nitrogen and oxygen atoms in total. The molecule has 2 aromatic heterocycles. The first-order chi connectivity index (χ1) is 9.35. The molecule has 108 valence electrons. The van der Waals surface area contributed by atoms with Crippen molar-refractivity contribution >= 4 is 27.4 Å². The van der Waals surface area contributed by atoms with Crippen LogP contribution in [0, 0.1) is 0 Å². The molecule has 1 saturated heterocycles. The van der Waals surface area contributed by atoms with Crippen LogP contribution < -0.4 is 10.6 Å². The van der Waals surface area contributed by atoms with E-state index in [0.29, 0.717) is 6.04 Å². The number of hydrogen-bond acceptors (Lipinski definition) is 4. The van der Waals surface area contributed by atoms with Crippen molar-refractivity contribution in [2.45, 2.75) is 57.7 Å². The highest BCUT2D eigenvalue weighted by atomic mass is 32.1. The summed E-state index contributed by atoms with van der Waals surface area (Å²) < 4.78 is 0. The van der Waals surface area contributed by atoms with Crippen LogP contribution in [0.3, 0.4) is 0 Å². The van der Waals surface area contributed by atoms with Crippen LogP contribution in [0.2, 0.25) is 0 Å². The molecular weight excluding hydrogens is 268 g/mol. The van der Waals surface area contributed by atoms with Crippen LogP contribution in [0.25, 0.3) is 10.2 Å². The van der Waals surface area contributed by atoms with Crippen molar-refractivity contribution in [2.75, 3.05) is 5.32 Å². The maximum atomic E-state index is 4.44. The van der Waals surface area contributed by atoms with Gasteiger partial charge in [0.15, 0.2) is 0 Å². The molecular formula is C15H23N4S+. The van der Waals surface area contributed by atoms with Gasteiger partial charge in [-0.3, -0.25) is 0 Å². The van der Waals surface area contributed by atoms with Crippen LogP contribution in [0.5, 0.6) is 0 Å². The standard InChI is InChI=1S/C15H22N4S/c1-14(2)7-10(8-15(3,4)19-14)18-12-11-5-6-20-13(11)17-9-16-12/h5-6,9-10,19H,7-8H2,1-4H3,(H,16,17,18)/p+1. The molecule has 5 heteroatoms. The van der Waals surface area contributed by atoms with E-state index in [1.807, 2.05) is 0 Å². The molecule has 20 heavy (non-hydrogen) atoms. The number of thiophene rings is 1. The molecule has 3 rings (SSSR count). The van der Waals surface area contributed by atoms with Crippen molar-refractivity contribution in [3.05, 3.63) is 17.8 Å². The lowest BCUT2D eigenvalue weighted by atomic mass is 9.79. The van der Waals surface area contributed by atoms with Crippen LogP contribution in [0.4, 0.5) is 5.82 Å². The highest BCUT2D eigenvalue weighted by Crippen LogP contribution is 2.28. The van der Waals surface area contributed by atoms with E-state index < -0.39 is 0 Å². The Hall–Kier alpha value is -1.20. The first kappa shape index (κ1) is 13.8. The quantitative estimate of drug-likeness (QED) is 0.893. The maximum absolute atomic E-state index is 4.44. The van der Waals surface area contributed by atoms with E-state index in [1.165, 1.54) is 0 Å². The molecule has 1 aliphatic rings. The van der Waals surface area contributed by atoms with Crippen LogP contribution >= 0.6 is 11.3 Å². The van der Waals surface area contributed by atoms with Gasteiger partial charge in [-0.05, 0) is 39.1 Å². The number of nitrogens with one attached hydrogen (secondary N) is 1. The highest BCUT2D eigenvalue weighted by molar-refractivity contribution is 7.16. The Labute approximate surface area is 124 Å². The lowest BCUT2D eigenvalue weighted by molar-refractivity contribution is -0.787. The fourth-order valence-corrected chi connectivity index (χ4v) is 4.45. The van der Waals surface area contributed by atoms with Gasteiger partial charge < -0.3 is 10.6 Å². The van der Waals surface area contributed by atoms with Gasteiger partial charge in [-0.1, -0.05) is 0 Å². The Morgan fingerprint density at radius 1 is 1.20 bits per heavy atom. The predicted octanol–water partition coefficient (Wildman–Crippen LogP) is 2.39. The average Bonchev–Trinajstić information content (AvgIpc) is 2.73. The summed E-state index contributed by atoms with van der Waals surface area (Å²) in [5.74, 6) is 0.981. The number of rotatable bonds is 2. The second-order valence-electron chi connectivity index (χ2n) is 7.23. The predicted molar refractivity (Wildman–Crippen MR) is 84.1 cm³/mol. The smallest absolute Gasteiger partial charge is 0.138 e. The number of nitrogens with two attached hydrogens (primary N) is 1. The number of aromatic nitrogens is 2. The number of nitrogens with zero attached hydrogens (tertiary/aromatic N) is 2. The second-order valence-corrected chi connectivity index (χ2v) is 8.13. The lowest BCUT2D eigenvalue weighted by Crippen LogP contribution is -3.06. The van der Waals surface area contributed by atoms with Gasteiger partial charge in [-0.25, -0.2) is 9.97 Å². The van der Waals surface area contributed by atoms with E-state index in [9.17, 15) is 0 Å². The molecule has 0 aliphatic carbocycles. The Morgan fingerprint density at radius 2 is 1.90 bits per heavy atom. The molecule has 3 N–H and O–H groups in total. The van der Waals surface area contributed by atoms with Crippen molar-refractivity contribution in [2.24, 2.45) is 0 Å². The minimum atomic E-state index is 0.264. The molecule has 0 atom stereocenters. The Kier molecular flexibility index (Phi) is 3.21. The first-order valence-corrected chi connectivity index (χ1v) is 8.04. The molecule has 0 amide bonds. The summed E-state index contributed by atoms with van der Waals surface area (Å²) in [6.07, 6.45) is 3.95. The van der Waals surface area contributed by atoms with Gasteiger partial charge in [0.1, 0.15) is 17.0 Å². The SMILES string of the molecule is CC1(C)CC(Nc2ncnc3sccc23)CC(C)(C)[NH2+]1. The molecule has 0 spiro atoms. The summed E-state index contributed by atoms with van der Waals surface area (Å²) in [5.41, 5.74) is 0.528. The van der Waals surface area contributed by atoms with Gasteiger partial charge in [0.05, 0.1) is 16.5 Å². The van der Waals surface area contributed by atoms with Gasteiger partial charge in [-0.2, -0.15) is 0 Å². The third-order valence-electron chi connectivity index (χ3n) is 3.93. The molecule has 0 radical (unpaired) electrons. The normalized spacial score (nSPS) is 22.0. The third kappa shape index (κ3) is 2.79. The van der Waals surface area contributed by atoms with Crippen LogP contribution in [0.15, 0.2) is 17.8 Å². The number of quaternary nitrogens is 1. The van der Waals surface area contributed by atoms with Crippen LogP contribution in [0.1, 0.15) is 40.5 Å². The largest absolute Gasteiger partial charge is 0.366 e. The minimum absolute atomic E-state index is 0.264. The Balaban J connectivity index is 1.85. The number of piperidine rings is 1. The van der Waals surface area contributed by atoms with Crippen molar-refractivity contribution < 1.29 is 5.32 Å². The summed E-state index contributed by atoms with van der Waals surface area (Å²) in [5, 5.41) is 9.37. The molecule has 2 aromatic rings. The number of fused-ring (bicyclic) bond motifs is 1. The fourth-order valence-electron chi connectivity index (χ4n) is 3.72. The van der Waals surface area contributed by atoms with Crippen LogP contribution in [-0.4, -0.2) is 27.1 Å². The van der Waals surface area contributed by atoms with Crippen molar-refractivity contribution in [1.29, 1.82) is 0 Å². The summed E-state index contributed by atoms with van der Waals surface area (Å²) >= 11 is 1.67. The van der Waals surface area contributed by atoms with Gasteiger partial charge in [0.2, 0.25) is 0 Å². The molecule has 0 unspecified atom stereocenters. The third-order valence-corrected chi connectivity index (χ3v) is 4.75. The molecule has 3 heterocycles. The average molecular weight is 291 g/mol. The Morgan fingerprint density at radius 3 is 2.60 bits per heavy atom. The zero-order valence-electron chi connectivity index (χ0n) is 12.6. The van der Waals surface area contributed by atoms with Gasteiger partial charge in [-0.15, -0.1) is 11.3 Å². The van der Waals surface area contributed by atoms with E-state index in [2.05, 4.69) is 59.7 Å². The summed E-state index contributed by atoms with van der Waals surface area (Å²) in [6, 6.07) is 2.57. The molecule has 0 bridgehead atoms.